The summed E-state index contributed by atoms with van der Waals surface area (Å²) < 4.78 is 5.07. The van der Waals surface area contributed by atoms with Gasteiger partial charge in [0, 0.05) is 6.54 Å². The molecule has 0 saturated carbocycles. The SMILES string of the molecule is CC(C)(C)OC(=O)NCCCC[C@H](NC(=O)CNC(=O)CN)C(=O)O. The molecule has 0 heterocycles. The number of carboxylic acids is 1. The van der Waals surface area contributed by atoms with Crippen molar-refractivity contribution >= 4 is 23.9 Å². The van der Waals surface area contributed by atoms with Crippen molar-refractivity contribution in [2.24, 2.45) is 5.73 Å². The molecule has 3 amide bonds. The third-order valence-electron chi connectivity index (χ3n) is 2.85. The summed E-state index contributed by atoms with van der Waals surface area (Å²) >= 11 is 0. The molecule has 0 unspecified atom stereocenters. The predicted molar refractivity (Wildman–Crippen MR) is 89.7 cm³/mol. The van der Waals surface area contributed by atoms with Crippen molar-refractivity contribution < 1.29 is 29.0 Å². The van der Waals surface area contributed by atoms with Gasteiger partial charge >= 0.3 is 12.1 Å². The lowest BCUT2D eigenvalue weighted by molar-refractivity contribution is -0.142. The van der Waals surface area contributed by atoms with E-state index in [9.17, 15) is 19.2 Å². The minimum Gasteiger partial charge on any atom is -0.480 e. The molecule has 0 aliphatic rings. The maximum absolute atomic E-state index is 11.6. The zero-order valence-electron chi connectivity index (χ0n) is 14.9. The highest BCUT2D eigenvalue weighted by molar-refractivity contribution is 5.88. The Morgan fingerprint density at radius 3 is 2.24 bits per heavy atom. The molecule has 0 rings (SSSR count). The number of nitrogens with one attached hydrogen (secondary N) is 3. The number of rotatable bonds is 10. The Balaban J connectivity index is 4.05. The van der Waals surface area contributed by atoms with Crippen LogP contribution in [-0.4, -0.2) is 60.3 Å². The molecule has 0 spiro atoms. The molecule has 10 nitrogen and oxygen atoms in total. The van der Waals surface area contributed by atoms with Crippen LogP contribution in [0.25, 0.3) is 0 Å². The first-order chi connectivity index (χ1) is 11.5. The summed E-state index contributed by atoms with van der Waals surface area (Å²) in [5.74, 6) is -2.28. The third kappa shape index (κ3) is 12.7. The molecule has 10 heteroatoms. The average molecular weight is 360 g/mol. The minimum absolute atomic E-state index is 0.196. The Labute approximate surface area is 146 Å². The molecule has 0 aromatic heterocycles. The van der Waals surface area contributed by atoms with Gasteiger partial charge in [-0.25, -0.2) is 9.59 Å². The standard InChI is InChI=1S/C15H28N4O6/c1-15(2,3)25-14(24)17-7-5-4-6-10(13(22)23)19-12(21)9-18-11(20)8-16/h10H,4-9,16H2,1-3H3,(H,17,24)(H,18,20)(H,19,21)(H,22,23)/t10-/m0/s1. The summed E-state index contributed by atoms with van der Waals surface area (Å²) in [6, 6.07) is -1.07. The normalized spacial score (nSPS) is 12.0. The van der Waals surface area contributed by atoms with Gasteiger partial charge in [0.1, 0.15) is 11.6 Å². The highest BCUT2D eigenvalue weighted by Gasteiger charge is 2.20. The Bertz CT molecular complexity index is 475. The van der Waals surface area contributed by atoms with Gasteiger partial charge in [0.15, 0.2) is 0 Å². The molecule has 0 bridgehead atoms. The first-order valence-electron chi connectivity index (χ1n) is 8.01. The summed E-state index contributed by atoms with van der Waals surface area (Å²) in [4.78, 5) is 45.1. The number of amides is 3. The number of unbranched alkanes of at least 4 members (excludes halogenated alkanes) is 1. The fourth-order valence-electron chi connectivity index (χ4n) is 1.73. The first kappa shape index (κ1) is 22.6. The average Bonchev–Trinajstić information content (AvgIpc) is 2.49. The lowest BCUT2D eigenvalue weighted by Crippen LogP contribution is -2.46. The van der Waals surface area contributed by atoms with Crippen LogP contribution >= 0.6 is 0 Å². The zero-order valence-corrected chi connectivity index (χ0v) is 14.9. The van der Waals surface area contributed by atoms with Crippen LogP contribution in [0.15, 0.2) is 0 Å². The van der Waals surface area contributed by atoms with Crippen molar-refractivity contribution in [3.05, 3.63) is 0 Å². The molecule has 144 valence electrons. The molecule has 0 saturated heterocycles. The number of carboxylic acid groups (broad SMARTS) is 1. The number of alkyl carbamates (subject to hydrolysis) is 1. The van der Waals surface area contributed by atoms with Crippen LogP contribution in [0.3, 0.4) is 0 Å². The summed E-state index contributed by atoms with van der Waals surface area (Å²) in [6.45, 7) is 5.01. The van der Waals surface area contributed by atoms with E-state index >= 15 is 0 Å². The molecule has 0 aliphatic carbocycles. The summed E-state index contributed by atoms with van der Waals surface area (Å²) in [5, 5.41) is 16.2. The van der Waals surface area contributed by atoms with Crippen molar-refractivity contribution in [2.45, 2.75) is 51.7 Å². The lowest BCUT2D eigenvalue weighted by atomic mass is 10.1. The highest BCUT2D eigenvalue weighted by Crippen LogP contribution is 2.06. The summed E-state index contributed by atoms with van der Waals surface area (Å²) in [5.41, 5.74) is 4.50. The number of ether oxygens (including phenoxy) is 1. The van der Waals surface area contributed by atoms with Gasteiger partial charge in [-0.2, -0.15) is 0 Å². The Kier molecular flexibility index (Phi) is 10.2. The Morgan fingerprint density at radius 1 is 1.08 bits per heavy atom. The largest absolute Gasteiger partial charge is 0.480 e. The number of aliphatic carboxylic acids is 1. The van der Waals surface area contributed by atoms with Crippen molar-refractivity contribution in [1.29, 1.82) is 0 Å². The van der Waals surface area contributed by atoms with Gasteiger partial charge in [0.2, 0.25) is 11.8 Å². The summed E-state index contributed by atoms with van der Waals surface area (Å²) in [6.07, 6.45) is 0.665. The number of carbonyl (C=O) groups excluding carboxylic acids is 3. The molecule has 0 aromatic rings. The number of hydrogen-bond acceptors (Lipinski definition) is 6. The van der Waals surface area contributed by atoms with Gasteiger partial charge in [-0.3, -0.25) is 9.59 Å². The number of hydrogen-bond donors (Lipinski definition) is 5. The molecular weight excluding hydrogens is 332 g/mol. The zero-order chi connectivity index (χ0) is 19.5. The van der Waals surface area contributed by atoms with E-state index in [2.05, 4.69) is 16.0 Å². The monoisotopic (exact) mass is 360 g/mol. The van der Waals surface area contributed by atoms with E-state index in [1.807, 2.05) is 0 Å². The molecule has 1 atom stereocenters. The maximum Gasteiger partial charge on any atom is 0.407 e. The van der Waals surface area contributed by atoms with E-state index in [1.165, 1.54) is 0 Å². The predicted octanol–water partition coefficient (Wildman–Crippen LogP) is -0.674. The Morgan fingerprint density at radius 2 is 1.72 bits per heavy atom. The van der Waals surface area contributed by atoms with E-state index in [4.69, 9.17) is 15.6 Å². The third-order valence-corrected chi connectivity index (χ3v) is 2.85. The van der Waals surface area contributed by atoms with Gasteiger partial charge in [-0.1, -0.05) is 0 Å². The smallest absolute Gasteiger partial charge is 0.407 e. The second kappa shape index (κ2) is 11.2. The summed E-state index contributed by atoms with van der Waals surface area (Å²) in [7, 11) is 0. The molecule has 6 N–H and O–H groups in total. The van der Waals surface area contributed by atoms with E-state index in [0.29, 0.717) is 19.4 Å². The molecule has 0 aromatic carbocycles. The van der Waals surface area contributed by atoms with Crippen molar-refractivity contribution in [1.82, 2.24) is 16.0 Å². The topological polar surface area (TPSA) is 160 Å². The molecular formula is C15H28N4O6. The van der Waals surface area contributed by atoms with Crippen LogP contribution in [0.4, 0.5) is 4.79 Å². The van der Waals surface area contributed by atoms with Crippen LogP contribution in [-0.2, 0) is 19.1 Å². The van der Waals surface area contributed by atoms with Gasteiger partial charge in [0.25, 0.3) is 0 Å². The molecule has 0 fully saturated rings. The van der Waals surface area contributed by atoms with Crippen LogP contribution in [0.2, 0.25) is 0 Å². The van der Waals surface area contributed by atoms with Crippen LogP contribution in [0, 0.1) is 0 Å². The van der Waals surface area contributed by atoms with Crippen molar-refractivity contribution in [2.75, 3.05) is 19.6 Å². The van der Waals surface area contributed by atoms with Crippen molar-refractivity contribution in [3.63, 3.8) is 0 Å². The van der Waals surface area contributed by atoms with E-state index < -0.39 is 35.5 Å². The van der Waals surface area contributed by atoms with Crippen molar-refractivity contribution in [3.8, 4) is 0 Å². The Hall–Kier alpha value is -2.36. The van der Waals surface area contributed by atoms with Gasteiger partial charge < -0.3 is 31.5 Å². The van der Waals surface area contributed by atoms with Crippen LogP contribution in [0.5, 0.6) is 0 Å². The van der Waals surface area contributed by atoms with E-state index in [0.717, 1.165) is 0 Å². The van der Waals surface area contributed by atoms with Crippen LogP contribution in [0.1, 0.15) is 40.0 Å². The second-order valence-electron chi connectivity index (χ2n) is 6.36. The number of carbonyl (C=O) groups is 4. The maximum atomic E-state index is 11.6. The molecule has 25 heavy (non-hydrogen) atoms. The second-order valence-corrected chi connectivity index (χ2v) is 6.36. The molecule has 0 aliphatic heterocycles. The van der Waals surface area contributed by atoms with E-state index in [1.54, 1.807) is 20.8 Å². The van der Waals surface area contributed by atoms with Gasteiger partial charge in [-0.15, -0.1) is 0 Å². The quantitative estimate of drug-likeness (QED) is 0.323. The van der Waals surface area contributed by atoms with Gasteiger partial charge in [0.05, 0.1) is 13.1 Å². The molecule has 0 radical (unpaired) electrons. The highest BCUT2D eigenvalue weighted by atomic mass is 16.6. The fraction of sp³-hybridized carbons (Fsp3) is 0.733. The first-order valence-corrected chi connectivity index (χ1v) is 8.01. The van der Waals surface area contributed by atoms with E-state index in [-0.39, 0.29) is 19.5 Å². The number of nitrogens with two attached hydrogens (primary N) is 1. The van der Waals surface area contributed by atoms with Crippen LogP contribution < -0.4 is 21.7 Å². The van der Waals surface area contributed by atoms with Gasteiger partial charge in [-0.05, 0) is 40.0 Å². The minimum atomic E-state index is -1.17. The fourth-order valence-corrected chi connectivity index (χ4v) is 1.73. The lowest BCUT2D eigenvalue weighted by Gasteiger charge is -2.19.